The molecule has 3 nitrogen and oxygen atoms in total. The first-order chi connectivity index (χ1) is 9.88. The molecule has 1 fully saturated rings. The van der Waals surface area contributed by atoms with E-state index in [2.05, 4.69) is 67.1 Å². The lowest BCUT2D eigenvalue weighted by Crippen LogP contribution is -2.47. The number of nitrogens with zero attached hydrogens (tertiary/aromatic N) is 3. The van der Waals surface area contributed by atoms with Gasteiger partial charge in [0.15, 0.2) is 0 Å². The predicted octanol–water partition coefficient (Wildman–Crippen LogP) is 3.30. The number of benzene rings is 1. The molecular weight excluding hydrogens is 314 g/mol. The summed E-state index contributed by atoms with van der Waals surface area (Å²) in [5.74, 6) is 1.08. The molecule has 1 aromatic heterocycles. The normalized spacial score (nSPS) is 15.4. The van der Waals surface area contributed by atoms with Crippen molar-refractivity contribution in [3.63, 3.8) is 0 Å². The molecule has 1 aliphatic rings. The van der Waals surface area contributed by atoms with Gasteiger partial charge in [0.05, 0.1) is 0 Å². The number of piperazine rings is 1. The Kier molecular flexibility index (Phi) is 4.21. The van der Waals surface area contributed by atoms with Crippen LogP contribution in [0.4, 0.5) is 11.5 Å². The standard InChI is InChI=1S/C16H18BrN3/c17-13-14-5-1-2-6-15(14)19-9-11-20(12-10-19)16-7-3-4-8-18-16/h1-8H,9-13H2. The van der Waals surface area contributed by atoms with E-state index in [1.54, 1.807) is 0 Å². The molecule has 1 aliphatic heterocycles. The molecule has 4 heteroatoms. The molecule has 3 rings (SSSR count). The van der Waals surface area contributed by atoms with Gasteiger partial charge in [0.1, 0.15) is 5.82 Å². The third-order valence-corrected chi connectivity index (χ3v) is 4.33. The zero-order valence-electron chi connectivity index (χ0n) is 11.4. The van der Waals surface area contributed by atoms with Crippen LogP contribution in [0.25, 0.3) is 0 Å². The Morgan fingerprint density at radius 2 is 1.60 bits per heavy atom. The minimum atomic E-state index is 0.906. The van der Waals surface area contributed by atoms with Crippen molar-refractivity contribution in [2.45, 2.75) is 5.33 Å². The number of para-hydroxylation sites is 1. The quantitative estimate of drug-likeness (QED) is 0.804. The van der Waals surface area contributed by atoms with Crippen LogP contribution in [0, 0.1) is 0 Å². The third kappa shape index (κ3) is 2.80. The van der Waals surface area contributed by atoms with Gasteiger partial charge in [0.2, 0.25) is 0 Å². The number of pyridine rings is 1. The molecule has 104 valence electrons. The van der Waals surface area contributed by atoms with Crippen molar-refractivity contribution in [1.82, 2.24) is 4.98 Å². The van der Waals surface area contributed by atoms with E-state index in [0.29, 0.717) is 0 Å². The van der Waals surface area contributed by atoms with Gasteiger partial charge in [0.25, 0.3) is 0 Å². The molecule has 0 radical (unpaired) electrons. The molecular formula is C16H18BrN3. The zero-order chi connectivity index (χ0) is 13.8. The predicted molar refractivity (Wildman–Crippen MR) is 87.7 cm³/mol. The molecule has 1 saturated heterocycles. The van der Waals surface area contributed by atoms with E-state index in [4.69, 9.17) is 0 Å². The van der Waals surface area contributed by atoms with E-state index >= 15 is 0 Å². The molecule has 2 heterocycles. The molecule has 0 atom stereocenters. The maximum absolute atomic E-state index is 4.43. The van der Waals surface area contributed by atoms with E-state index in [9.17, 15) is 0 Å². The minimum Gasteiger partial charge on any atom is -0.368 e. The fourth-order valence-electron chi connectivity index (χ4n) is 2.65. The van der Waals surface area contributed by atoms with Gasteiger partial charge < -0.3 is 9.80 Å². The lowest BCUT2D eigenvalue weighted by Gasteiger charge is -2.37. The van der Waals surface area contributed by atoms with Crippen LogP contribution in [0.15, 0.2) is 48.7 Å². The highest BCUT2D eigenvalue weighted by atomic mass is 79.9. The van der Waals surface area contributed by atoms with Crippen LogP contribution in [-0.2, 0) is 5.33 Å². The Hall–Kier alpha value is -1.55. The summed E-state index contributed by atoms with van der Waals surface area (Å²) in [6.07, 6.45) is 1.86. The molecule has 0 unspecified atom stereocenters. The Labute approximate surface area is 128 Å². The van der Waals surface area contributed by atoms with Gasteiger partial charge in [-0.05, 0) is 23.8 Å². The van der Waals surface area contributed by atoms with Crippen LogP contribution in [0.3, 0.4) is 0 Å². The zero-order valence-corrected chi connectivity index (χ0v) is 13.0. The van der Waals surface area contributed by atoms with Crippen molar-refractivity contribution < 1.29 is 0 Å². The first-order valence-corrected chi connectivity index (χ1v) is 8.05. The highest BCUT2D eigenvalue weighted by Crippen LogP contribution is 2.24. The molecule has 2 aromatic rings. The molecule has 0 aliphatic carbocycles. The highest BCUT2D eigenvalue weighted by molar-refractivity contribution is 9.08. The Morgan fingerprint density at radius 1 is 0.900 bits per heavy atom. The molecule has 0 bridgehead atoms. The van der Waals surface area contributed by atoms with Gasteiger partial charge in [-0.1, -0.05) is 40.2 Å². The van der Waals surface area contributed by atoms with Crippen LogP contribution in [-0.4, -0.2) is 31.2 Å². The molecule has 0 N–H and O–H groups in total. The summed E-state index contributed by atoms with van der Waals surface area (Å²) in [6.45, 7) is 4.13. The van der Waals surface area contributed by atoms with Crippen LogP contribution >= 0.6 is 15.9 Å². The van der Waals surface area contributed by atoms with E-state index < -0.39 is 0 Å². The van der Waals surface area contributed by atoms with Gasteiger partial charge in [0, 0.05) is 43.4 Å². The first-order valence-electron chi connectivity index (χ1n) is 6.93. The summed E-state index contributed by atoms with van der Waals surface area (Å²) in [6, 6.07) is 14.7. The number of hydrogen-bond acceptors (Lipinski definition) is 3. The lowest BCUT2D eigenvalue weighted by molar-refractivity contribution is 0.646. The number of alkyl halides is 1. The van der Waals surface area contributed by atoms with Gasteiger partial charge in [-0.15, -0.1) is 0 Å². The van der Waals surface area contributed by atoms with Crippen LogP contribution in [0.2, 0.25) is 0 Å². The third-order valence-electron chi connectivity index (χ3n) is 3.73. The fraction of sp³-hybridized carbons (Fsp3) is 0.312. The SMILES string of the molecule is BrCc1ccccc1N1CCN(c2ccccn2)CC1. The van der Waals surface area contributed by atoms with Gasteiger partial charge >= 0.3 is 0 Å². The first kappa shape index (κ1) is 13.4. The van der Waals surface area contributed by atoms with Gasteiger partial charge in [-0.25, -0.2) is 4.98 Å². The van der Waals surface area contributed by atoms with Crippen molar-refractivity contribution in [2.75, 3.05) is 36.0 Å². The van der Waals surface area contributed by atoms with Crippen LogP contribution in [0.1, 0.15) is 5.56 Å². The molecule has 1 aromatic carbocycles. The largest absolute Gasteiger partial charge is 0.368 e. The van der Waals surface area contributed by atoms with Crippen molar-refractivity contribution in [2.24, 2.45) is 0 Å². The number of aromatic nitrogens is 1. The molecule has 0 saturated carbocycles. The van der Waals surface area contributed by atoms with E-state index in [1.807, 2.05) is 12.3 Å². The second-order valence-electron chi connectivity index (χ2n) is 4.92. The van der Waals surface area contributed by atoms with Gasteiger partial charge in [-0.3, -0.25) is 0 Å². The topological polar surface area (TPSA) is 19.4 Å². The Morgan fingerprint density at radius 3 is 2.30 bits per heavy atom. The summed E-state index contributed by atoms with van der Waals surface area (Å²) < 4.78 is 0. The van der Waals surface area contributed by atoms with Crippen LogP contribution in [0.5, 0.6) is 0 Å². The second kappa shape index (κ2) is 6.27. The molecule has 0 spiro atoms. The Bertz CT molecular complexity index is 551. The summed E-state index contributed by atoms with van der Waals surface area (Å²) in [7, 11) is 0. The molecule has 20 heavy (non-hydrogen) atoms. The smallest absolute Gasteiger partial charge is 0.128 e. The number of anilines is 2. The monoisotopic (exact) mass is 331 g/mol. The van der Waals surface area contributed by atoms with Crippen molar-refractivity contribution in [1.29, 1.82) is 0 Å². The number of hydrogen-bond donors (Lipinski definition) is 0. The molecule has 0 amide bonds. The van der Waals surface area contributed by atoms with Crippen molar-refractivity contribution >= 4 is 27.4 Å². The van der Waals surface area contributed by atoms with Crippen molar-refractivity contribution in [3.05, 3.63) is 54.2 Å². The number of halogens is 1. The van der Waals surface area contributed by atoms with E-state index in [-0.39, 0.29) is 0 Å². The average molecular weight is 332 g/mol. The van der Waals surface area contributed by atoms with E-state index in [0.717, 1.165) is 37.3 Å². The fourth-order valence-corrected chi connectivity index (χ4v) is 3.12. The average Bonchev–Trinajstić information content (AvgIpc) is 2.56. The van der Waals surface area contributed by atoms with E-state index in [1.165, 1.54) is 11.3 Å². The summed E-state index contributed by atoms with van der Waals surface area (Å²) in [5.41, 5.74) is 2.71. The van der Waals surface area contributed by atoms with Crippen LogP contribution < -0.4 is 9.80 Å². The lowest BCUT2D eigenvalue weighted by atomic mass is 10.1. The Balaban J connectivity index is 1.70. The summed E-state index contributed by atoms with van der Waals surface area (Å²) in [4.78, 5) is 9.26. The summed E-state index contributed by atoms with van der Waals surface area (Å²) in [5, 5.41) is 0.906. The summed E-state index contributed by atoms with van der Waals surface area (Å²) >= 11 is 3.58. The highest BCUT2D eigenvalue weighted by Gasteiger charge is 2.19. The maximum atomic E-state index is 4.43. The number of rotatable bonds is 3. The second-order valence-corrected chi connectivity index (χ2v) is 5.49. The maximum Gasteiger partial charge on any atom is 0.128 e. The van der Waals surface area contributed by atoms with Crippen molar-refractivity contribution in [3.8, 4) is 0 Å². The minimum absolute atomic E-state index is 0.906. The van der Waals surface area contributed by atoms with Gasteiger partial charge in [-0.2, -0.15) is 0 Å².